The lowest BCUT2D eigenvalue weighted by atomic mass is 9.97. The number of pyridine rings is 1. The van der Waals surface area contributed by atoms with E-state index in [0.29, 0.717) is 0 Å². The lowest BCUT2D eigenvalue weighted by molar-refractivity contribution is 0.547. The normalized spacial score (nSPS) is 14.8. The zero-order valence-corrected chi connectivity index (χ0v) is 22.1. The second-order valence-electron chi connectivity index (χ2n) is 11.3. The Morgan fingerprint density at radius 2 is 1.51 bits per heavy atom. The topological polar surface area (TPSA) is 17.8 Å². The fraction of sp³-hybridized carbons (Fsp3) is 0.281. The standard InChI is InChI=1S/C32H34N2Si/c1-35(2,3)32-22-33-29(21-25(32)19-23-11-7-8-12-23)24-17-18-31-28(20-24)27-15-9-10-16-30(27)34(31)26-13-5-4-6-14-26/h4-6,9-10,13-18,20-23H,7-8,11-12,19H2,1-3H3. The molecule has 1 saturated carbocycles. The van der Waals surface area contributed by atoms with E-state index in [2.05, 4.69) is 109 Å². The van der Waals surface area contributed by atoms with Crippen LogP contribution in [0.25, 0.3) is 38.8 Å². The highest BCUT2D eigenvalue weighted by Gasteiger charge is 2.24. The summed E-state index contributed by atoms with van der Waals surface area (Å²) in [5, 5.41) is 4.11. The molecule has 0 unspecified atom stereocenters. The van der Waals surface area contributed by atoms with E-state index < -0.39 is 8.07 Å². The molecule has 1 fully saturated rings. The third-order valence-corrected chi connectivity index (χ3v) is 9.83. The molecular formula is C32H34N2Si. The molecule has 0 bridgehead atoms. The average Bonchev–Trinajstić information content (AvgIpc) is 3.49. The predicted octanol–water partition coefficient (Wildman–Crippen LogP) is 8.12. The molecule has 0 aliphatic heterocycles. The smallest absolute Gasteiger partial charge is 0.0799 e. The summed E-state index contributed by atoms with van der Waals surface area (Å²) in [6, 6.07) is 28.7. The predicted molar refractivity (Wildman–Crippen MR) is 153 cm³/mol. The van der Waals surface area contributed by atoms with Crippen molar-refractivity contribution in [1.29, 1.82) is 0 Å². The van der Waals surface area contributed by atoms with Crippen molar-refractivity contribution in [3.05, 3.63) is 90.6 Å². The molecule has 2 aromatic heterocycles. The highest BCUT2D eigenvalue weighted by atomic mass is 28.3. The second kappa shape index (κ2) is 8.80. The van der Waals surface area contributed by atoms with Crippen LogP contribution < -0.4 is 5.19 Å². The third-order valence-electron chi connectivity index (χ3n) is 7.76. The monoisotopic (exact) mass is 474 g/mol. The van der Waals surface area contributed by atoms with Crippen molar-refractivity contribution >= 4 is 35.1 Å². The van der Waals surface area contributed by atoms with Gasteiger partial charge < -0.3 is 4.57 Å². The van der Waals surface area contributed by atoms with Crippen molar-refractivity contribution in [1.82, 2.24) is 9.55 Å². The first kappa shape index (κ1) is 22.3. The largest absolute Gasteiger partial charge is 0.309 e. The molecule has 2 heterocycles. The zero-order valence-electron chi connectivity index (χ0n) is 21.1. The van der Waals surface area contributed by atoms with Crippen molar-refractivity contribution in [2.75, 3.05) is 0 Å². The van der Waals surface area contributed by atoms with E-state index in [-0.39, 0.29) is 0 Å². The van der Waals surface area contributed by atoms with Crippen LogP contribution in [-0.4, -0.2) is 17.6 Å². The van der Waals surface area contributed by atoms with Gasteiger partial charge in [-0.15, -0.1) is 0 Å². The van der Waals surface area contributed by atoms with Gasteiger partial charge in [0.25, 0.3) is 0 Å². The van der Waals surface area contributed by atoms with E-state index >= 15 is 0 Å². The molecule has 2 nitrogen and oxygen atoms in total. The summed E-state index contributed by atoms with van der Waals surface area (Å²) in [6.07, 6.45) is 8.98. The van der Waals surface area contributed by atoms with Crippen LogP contribution in [0.5, 0.6) is 0 Å². The van der Waals surface area contributed by atoms with E-state index in [4.69, 9.17) is 4.98 Å². The van der Waals surface area contributed by atoms with E-state index in [0.717, 1.165) is 11.6 Å². The van der Waals surface area contributed by atoms with Crippen molar-refractivity contribution in [3.63, 3.8) is 0 Å². The molecule has 1 aliphatic rings. The van der Waals surface area contributed by atoms with Gasteiger partial charge in [0.2, 0.25) is 0 Å². The molecule has 6 rings (SSSR count). The van der Waals surface area contributed by atoms with Gasteiger partial charge in [-0.2, -0.15) is 0 Å². The Bertz CT molecular complexity index is 1500. The maximum Gasteiger partial charge on any atom is 0.0799 e. The number of hydrogen-bond acceptors (Lipinski definition) is 1. The summed E-state index contributed by atoms with van der Waals surface area (Å²) in [5.41, 5.74) is 7.55. The summed E-state index contributed by atoms with van der Waals surface area (Å²) < 4.78 is 2.38. The fourth-order valence-corrected chi connectivity index (χ4v) is 7.60. The van der Waals surface area contributed by atoms with E-state index in [9.17, 15) is 0 Å². The molecule has 176 valence electrons. The van der Waals surface area contributed by atoms with Gasteiger partial charge in [0, 0.05) is 28.2 Å². The Morgan fingerprint density at radius 3 is 2.29 bits per heavy atom. The van der Waals surface area contributed by atoms with Crippen molar-refractivity contribution in [2.24, 2.45) is 5.92 Å². The number of nitrogens with zero attached hydrogens (tertiary/aromatic N) is 2. The van der Waals surface area contributed by atoms with Crippen LogP contribution in [0, 0.1) is 5.92 Å². The van der Waals surface area contributed by atoms with Crippen LogP contribution >= 0.6 is 0 Å². The minimum Gasteiger partial charge on any atom is -0.309 e. The molecular weight excluding hydrogens is 440 g/mol. The minimum absolute atomic E-state index is 0.840. The van der Waals surface area contributed by atoms with Crippen LogP contribution in [0.15, 0.2) is 85.1 Å². The quantitative estimate of drug-likeness (QED) is 0.235. The van der Waals surface area contributed by atoms with Gasteiger partial charge in [-0.1, -0.05) is 87.8 Å². The van der Waals surface area contributed by atoms with Crippen LogP contribution in [0.2, 0.25) is 19.6 Å². The van der Waals surface area contributed by atoms with Crippen molar-refractivity contribution in [3.8, 4) is 16.9 Å². The molecule has 5 aromatic rings. The van der Waals surface area contributed by atoms with Gasteiger partial charge in [-0.05, 0) is 59.5 Å². The molecule has 0 amide bonds. The molecule has 3 aromatic carbocycles. The van der Waals surface area contributed by atoms with Crippen LogP contribution in [0.4, 0.5) is 0 Å². The number of benzene rings is 3. The number of para-hydroxylation sites is 2. The second-order valence-corrected chi connectivity index (χ2v) is 16.3. The Kier molecular flexibility index (Phi) is 5.61. The SMILES string of the molecule is C[Si](C)(C)c1cnc(-c2ccc3c(c2)c2ccccc2n3-c2ccccc2)cc1CC1CCCC1. The molecule has 0 spiro atoms. The van der Waals surface area contributed by atoms with Crippen molar-refractivity contribution in [2.45, 2.75) is 51.7 Å². The molecule has 0 N–H and O–H groups in total. The van der Waals surface area contributed by atoms with E-state index in [1.165, 1.54) is 70.3 Å². The number of aromatic nitrogens is 2. The highest BCUT2D eigenvalue weighted by Crippen LogP contribution is 2.35. The first-order chi connectivity index (χ1) is 17.0. The molecule has 0 radical (unpaired) electrons. The summed E-state index contributed by atoms with van der Waals surface area (Å²) in [6.45, 7) is 7.35. The zero-order chi connectivity index (χ0) is 24.0. The average molecular weight is 475 g/mol. The molecule has 0 atom stereocenters. The number of fused-ring (bicyclic) bond motifs is 3. The van der Waals surface area contributed by atoms with Crippen molar-refractivity contribution < 1.29 is 0 Å². The summed E-state index contributed by atoms with van der Waals surface area (Å²) >= 11 is 0. The summed E-state index contributed by atoms with van der Waals surface area (Å²) in [5.74, 6) is 0.840. The van der Waals surface area contributed by atoms with Gasteiger partial charge in [0.05, 0.1) is 24.8 Å². The Hall–Kier alpha value is -3.17. The Balaban J connectivity index is 1.50. The van der Waals surface area contributed by atoms with Gasteiger partial charge in [-0.3, -0.25) is 4.98 Å². The molecule has 0 saturated heterocycles. The third kappa shape index (κ3) is 4.12. The van der Waals surface area contributed by atoms with Crippen LogP contribution in [0.3, 0.4) is 0 Å². The number of rotatable bonds is 5. The minimum atomic E-state index is -1.45. The van der Waals surface area contributed by atoms with Gasteiger partial charge in [0.15, 0.2) is 0 Å². The Morgan fingerprint density at radius 1 is 0.800 bits per heavy atom. The van der Waals surface area contributed by atoms with Gasteiger partial charge >= 0.3 is 0 Å². The highest BCUT2D eigenvalue weighted by molar-refractivity contribution is 6.89. The maximum atomic E-state index is 5.03. The first-order valence-corrected chi connectivity index (χ1v) is 16.6. The van der Waals surface area contributed by atoms with E-state index in [1.54, 1.807) is 5.56 Å². The number of hydrogen-bond donors (Lipinski definition) is 0. The van der Waals surface area contributed by atoms with Crippen LogP contribution in [0.1, 0.15) is 31.2 Å². The molecule has 1 aliphatic carbocycles. The maximum absolute atomic E-state index is 5.03. The first-order valence-electron chi connectivity index (χ1n) is 13.1. The summed E-state index contributed by atoms with van der Waals surface area (Å²) in [7, 11) is -1.45. The van der Waals surface area contributed by atoms with Gasteiger partial charge in [-0.25, -0.2) is 0 Å². The molecule has 3 heteroatoms. The lowest BCUT2D eigenvalue weighted by Gasteiger charge is -2.23. The van der Waals surface area contributed by atoms with E-state index in [1.807, 2.05) is 0 Å². The van der Waals surface area contributed by atoms with Gasteiger partial charge in [0.1, 0.15) is 0 Å². The summed E-state index contributed by atoms with van der Waals surface area (Å²) in [4.78, 5) is 5.03. The fourth-order valence-electron chi connectivity index (χ4n) is 6.01. The lowest BCUT2D eigenvalue weighted by Crippen LogP contribution is -2.41. The Labute approximate surface area is 209 Å². The molecule has 35 heavy (non-hydrogen) atoms. The van der Waals surface area contributed by atoms with Crippen LogP contribution in [-0.2, 0) is 6.42 Å².